The molecule has 294 valence electrons. The van der Waals surface area contributed by atoms with Gasteiger partial charge in [0.15, 0.2) is 6.73 Å². The van der Waals surface area contributed by atoms with Gasteiger partial charge in [0.25, 0.3) is 5.91 Å². The molecular formula is C34H57N7O8S3. The van der Waals surface area contributed by atoms with E-state index in [1.54, 1.807) is 33.9 Å². The summed E-state index contributed by atoms with van der Waals surface area (Å²) in [5.41, 5.74) is 4.78. The van der Waals surface area contributed by atoms with Crippen LogP contribution in [0.5, 0.6) is 0 Å². The van der Waals surface area contributed by atoms with Gasteiger partial charge in [0.2, 0.25) is 17.7 Å². The Hall–Kier alpha value is -3.09. The summed E-state index contributed by atoms with van der Waals surface area (Å²) in [7, 11) is 5.05. The molecule has 2 heterocycles. The third kappa shape index (κ3) is 16.3. The van der Waals surface area contributed by atoms with Crippen LogP contribution in [0.25, 0.3) is 0 Å². The molecule has 0 spiro atoms. The maximum absolute atomic E-state index is 14.0. The number of thiazole rings is 1. The molecule has 1 aliphatic heterocycles. The second-order valence-electron chi connectivity index (χ2n) is 12.8. The van der Waals surface area contributed by atoms with Crippen molar-refractivity contribution in [3.8, 4) is 0 Å². The molecule has 1 aromatic rings. The number of nitrogens with zero attached hydrogens (tertiary/aromatic N) is 3. The van der Waals surface area contributed by atoms with E-state index < -0.39 is 29.9 Å². The van der Waals surface area contributed by atoms with Crippen molar-refractivity contribution in [3.05, 3.63) is 16.1 Å². The van der Waals surface area contributed by atoms with Crippen LogP contribution in [0.4, 0.5) is 4.79 Å². The van der Waals surface area contributed by atoms with E-state index in [0.29, 0.717) is 42.9 Å². The fourth-order valence-electron chi connectivity index (χ4n) is 5.30. The number of hydrogen-bond acceptors (Lipinski definition) is 13. The normalized spacial score (nSPS) is 16.2. The number of aryl methyl sites for hydroxylation is 1. The lowest BCUT2D eigenvalue weighted by atomic mass is 9.96. The number of rotatable bonds is 22. The van der Waals surface area contributed by atoms with Gasteiger partial charge in [0.1, 0.15) is 18.3 Å². The monoisotopic (exact) mass is 787 g/mol. The lowest BCUT2D eigenvalue weighted by Crippen LogP contribution is -2.57. The smallest absolute Gasteiger partial charge is 0.426 e. The average molecular weight is 788 g/mol. The minimum atomic E-state index is -0.770. The van der Waals surface area contributed by atoms with Crippen LogP contribution in [-0.4, -0.2) is 115 Å². The number of amides is 5. The zero-order valence-electron chi connectivity index (χ0n) is 31.3. The Morgan fingerprint density at radius 2 is 1.88 bits per heavy atom. The van der Waals surface area contributed by atoms with Crippen LogP contribution >= 0.6 is 32.9 Å². The molecule has 4 N–H and O–H groups in total. The summed E-state index contributed by atoms with van der Waals surface area (Å²) in [6, 6.07) is -1.06. The second kappa shape index (κ2) is 25.0. The Kier molecular flexibility index (Phi) is 21.7. The fourth-order valence-corrected chi connectivity index (χ4v) is 7.14. The summed E-state index contributed by atoms with van der Waals surface area (Å²) in [5.74, 6) is -1.66. The van der Waals surface area contributed by atoms with Crippen LogP contribution in [0.1, 0.15) is 94.6 Å². The van der Waals surface area contributed by atoms with E-state index in [-0.39, 0.29) is 68.2 Å². The van der Waals surface area contributed by atoms with E-state index in [4.69, 9.17) is 9.47 Å². The minimum Gasteiger partial charge on any atom is -0.447 e. The van der Waals surface area contributed by atoms with Gasteiger partial charge in [-0.2, -0.15) is 0 Å². The molecule has 52 heavy (non-hydrogen) atoms. The van der Waals surface area contributed by atoms with Crippen LogP contribution in [0.2, 0.25) is 0 Å². The van der Waals surface area contributed by atoms with E-state index in [1.807, 2.05) is 39.0 Å². The molecule has 15 nitrogen and oxygen atoms in total. The maximum atomic E-state index is 14.0. The van der Waals surface area contributed by atoms with Gasteiger partial charge in [-0.05, 0) is 57.9 Å². The predicted molar refractivity (Wildman–Crippen MR) is 204 cm³/mol. The Morgan fingerprint density at radius 3 is 2.58 bits per heavy atom. The van der Waals surface area contributed by atoms with Gasteiger partial charge in [-0.25, -0.2) is 15.2 Å². The van der Waals surface area contributed by atoms with Crippen LogP contribution in [0.3, 0.4) is 0 Å². The van der Waals surface area contributed by atoms with E-state index in [9.17, 15) is 28.8 Å². The van der Waals surface area contributed by atoms with Crippen molar-refractivity contribution in [1.82, 2.24) is 36.3 Å². The number of hydrazine groups is 1. The second-order valence-corrected chi connectivity index (χ2v) is 16.4. The van der Waals surface area contributed by atoms with Crippen molar-refractivity contribution >= 4 is 68.6 Å². The topological polar surface area (TPSA) is 188 Å². The lowest BCUT2D eigenvalue weighted by molar-refractivity contribution is -0.155. The lowest BCUT2D eigenvalue weighted by Gasteiger charge is -2.35. The van der Waals surface area contributed by atoms with Crippen molar-refractivity contribution in [2.45, 2.75) is 97.6 Å². The van der Waals surface area contributed by atoms with E-state index in [2.05, 4.69) is 26.5 Å². The molecule has 1 aliphatic rings. The molecule has 0 bridgehead atoms. The highest BCUT2D eigenvalue weighted by Crippen LogP contribution is 2.19. The third-order valence-electron chi connectivity index (χ3n) is 8.72. The van der Waals surface area contributed by atoms with Gasteiger partial charge in [-0.15, -0.1) is 11.3 Å². The van der Waals surface area contributed by atoms with Crippen molar-refractivity contribution < 1.29 is 38.2 Å². The number of nitrogens with one attached hydrogen (secondary N) is 4. The van der Waals surface area contributed by atoms with Crippen molar-refractivity contribution in [2.75, 3.05) is 52.0 Å². The largest absolute Gasteiger partial charge is 0.447 e. The molecule has 1 saturated heterocycles. The molecule has 1 fully saturated rings. The Balaban J connectivity index is 1.91. The van der Waals surface area contributed by atoms with Crippen LogP contribution in [0, 0.1) is 11.8 Å². The van der Waals surface area contributed by atoms with Crippen LogP contribution < -0.4 is 21.5 Å². The van der Waals surface area contributed by atoms with E-state index >= 15 is 0 Å². The molecule has 4 atom stereocenters. The van der Waals surface area contributed by atoms with Gasteiger partial charge in [-0.1, -0.05) is 62.1 Å². The zero-order valence-corrected chi connectivity index (χ0v) is 33.8. The minimum absolute atomic E-state index is 0.143. The summed E-state index contributed by atoms with van der Waals surface area (Å²) in [4.78, 5) is 84.2. The summed E-state index contributed by atoms with van der Waals surface area (Å²) in [5, 5.41) is 8.15. The number of likely N-dealkylation sites (N-methyl/N-ethyl adjacent to an activating group) is 1. The zero-order chi connectivity index (χ0) is 38.5. The number of aromatic nitrogens is 1. The Bertz CT molecular complexity index is 1300. The number of esters is 1. The van der Waals surface area contributed by atoms with Gasteiger partial charge < -0.3 is 25.0 Å². The van der Waals surface area contributed by atoms with Crippen molar-refractivity contribution in [2.24, 2.45) is 11.8 Å². The fraction of sp³-hybridized carbons (Fsp3) is 0.735. The van der Waals surface area contributed by atoms with Gasteiger partial charge in [0.05, 0.1) is 11.0 Å². The number of likely N-dealkylation sites (tertiary alicyclic amines) is 1. The van der Waals surface area contributed by atoms with Gasteiger partial charge in [0, 0.05) is 43.0 Å². The molecule has 1 unspecified atom stereocenters. The molecule has 0 aliphatic carbocycles. The van der Waals surface area contributed by atoms with Gasteiger partial charge in [-0.3, -0.25) is 34.3 Å². The first kappa shape index (κ1) is 45.1. The maximum Gasteiger partial charge on any atom is 0.426 e. The summed E-state index contributed by atoms with van der Waals surface area (Å²) in [6.07, 6.45) is 6.73. The van der Waals surface area contributed by atoms with Crippen LogP contribution in [0.15, 0.2) is 5.38 Å². The molecule has 5 amide bonds. The van der Waals surface area contributed by atoms with Crippen molar-refractivity contribution in [3.63, 3.8) is 0 Å². The molecule has 2 rings (SSSR count). The van der Waals surface area contributed by atoms with E-state index in [0.717, 1.165) is 25.8 Å². The van der Waals surface area contributed by atoms with Gasteiger partial charge >= 0.3 is 12.1 Å². The summed E-state index contributed by atoms with van der Waals surface area (Å²) in [6.45, 7) is 8.76. The molecular weight excluding hydrogens is 731 g/mol. The Morgan fingerprint density at radius 1 is 1.12 bits per heavy atom. The standard InChI is InChI=1S/C34H57N7O8S3/c1-7-12-28(42)49-22-41(33(46)29(23(3)8-2)37-32(45)26-13-9-10-17-40(26)5)18-11-14-27-36-25(21-51-27)31(44)35-16-15-24(4)30(43)38-39-34(47)48-19-20-52-50-6/h21,23-24,26,29H,7-20,22H2,1-6H3,(H,35,44)(H,37,45)(H,38,43)(H,39,47)/t23?,24-,26+,29-/m0/s1. The first-order valence-corrected chi connectivity index (χ1v) is 21.6. The first-order valence-electron chi connectivity index (χ1n) is 18.0. The molecule has 1 aromatic heterocycles. The first-order chi connectivity index (χ1) is 24.9. The number of piperidine rings is 1. The number of hydrogen-bond donors (Lipinski definition) is 4. The summed E-state index contributed by atoms with van der Waals surface area (Å²) < 4.78 is 10.4. The van der Waals surface area contributed by atoms with Crippen LogP contribution in [-0.2, 0) is 35.1 Å². The number of carbonyl (C=O) groups is 6. The highest BCUT2D eigenvalue weighted by atomic mass is 33.1. The third-order valence-corrected chi connectivity index (χ3v) is 11.4. The SMILES string of the molecule is CCCC(=O)OCN(CCCc1nc(C(=O)NCC[C@H](C)C(=O)NNC(=O)OCCSSC)cs1)C(=O)[C@@H](NC(=O)[C@H]1CCCCN1C)C(C)CC. The Labute approximate surface area is 319 Å². The summed E-state index contributed by atoms with van der Waals surface area (Å²) >= 11 is 1.32. The number of carbonyl (C=O) groups excluding carboxylic acids is 6. The number of ether oxygens (including phenoxy) is 2. The van der Waals surface area contributed by atoms with Crippen molar-refractivity contribution in [1.29, 1.82) is 0 Å². The molecule has 0 saturated carbocycles. The molecule has 18 heteroatoms. The highest BCUT2D eigenvalue weighted by Gasteiger charge is 2.34. The predicted octanol–water partition coefficient (Wildman–Crippen LogP) is 3.74. The quantitative estimate of drug-likeness (QED) is 0.0439. The van der Waals surface area contributed by atoms with E-state index in [1.165, 1.54) is 16.2 Å². The molecule has 0 radical (unpaired) electrons. The highest BCUT2D eigenvalue weighted by molar-refractivity contribution is 8.76. The average Bonchev–Trinajstić information content (AvgIpc) is 3.61. The molecule has 0 aromatic carbocycles.